The number of nitrogens with zero attached hydrogens (tertiary/aromatic N) is 2. The molecule has 1 aromatic carbocycles. The molecule has 1 aliphatic carbocycles. The van der Waals surface area contributed by atoms with E-state index in [-0.39, 0.29) is 30.3 Å². The van der Waals surface area contributed by atoms with Crippen LogP contribution in [0.3, 0.4) is 0 Å². The van der Waals surface area contributed by atoms with Crippen molar-refractivity contribution in [2.45, 2.75) is 44.2 Å². The van der Waals surface area contributed by atoms with Gasteiger partial charge in [0.25, 0.3) is 0 Å². The molecule has 1 aliphatic rings. The van der Waals surface area contributed by atoms with Crippen LogP contribution in [0.1, 0.15) is 31.4 Å². The van der Waals surface area contributed by atoms with Gasteiger partial charge in [0.2, 0.25) is 5.91 Å². The summed E-state index contributed by atoms with van der Waals surface area (Å²) in [5, 5.41) is 16.8. The van der Waals surface area contributed by atoms with Crippen LogP contribution in [0, 0.1) is 5.82 Å². The van der Waals surface area contributed by atoms with Crippen molar-refractivity contribution in [2.24, 2.45) is 0 Å². The number of amides is 1. The lowest BCUT2D eigenvalue weighted by molar-refractivity contribution is -0.121. The number of carbonyl (C=O) groups excluding carboxylic acids is 1. The number of rotatable bonds is 4. The molecule has 5 nitrogen and oxygen atoms in total. The molecule has 2 aromatic rings. The van der Waals surface area contributed by atoms with Crippen LogP contribution >= 0.6 is 0 Å². The third kappa shape index (κ3) is 4.16. The average Bonchev–Trinajstić information content (AvgIpc) is 2.98. The van der Waals surface area contributed by atoms with Crippen LogP contribution in [0.5, 0.6) is 0 Å². The lowest BCUT2D eigenvalue weighted by Crippen LogP contribution is -2.39. The minimum Gasteiger partial charge on any atom is -0.393 e. The highest BCUT2D eigenvalue weighted by Gasteiger charge is 2.21. The minimum atomic E-state index is -0.293. The van der Waals surface area contributed by atoms with Gasteiger partial charge in [-0.15, -0.1) is 0 Å². The summed E-state index contributed by atoms with van der Waals surface area (Å²) in [6, 6.07) is 7.96. The molecule has 1 heterocycles. The van der Waals surface area contributed by atoms with E-state index in [1.165, 1.54) is 12.1 Å². The van der Waals surface area contributed by atoms with E-state index in [0.29, 0.717) is 5.69 Å². The summed E-state index contributed by atoms with van der Waals surface area (Å²) in [5.74, 6) is -0.353. The molecule has 6 heteroatoms. The molecule has 0 radical (unpaired) electrons. The van der Waals surface area contributed by atoms with E-state index in [1.54, 1.807) is 29.1 Å². The van der Waals surface area contributed by atoms with Crippen molar-refractivity contribution in [1.29, 1.82) is 0 Å². The summed E-state index contributed by atoms with van der Waals surface area (Å²) in [5.41, 5.74) is 1.42. The molecule has 122 valence electrons. The SMILES string of the molecule is O=C(Cc1ccn(-c2ccc(F)cc2)n1)NC1CCC(O)CC1. The van der Waals surface area contributed by atoms with Crippen molar-refractivity contribution in [3.63, 3.8) is 0 Å². The second kappa shape index (κ2) is 6.91. The number of carbonyl (C=O) groups is 1. The first-order valence-corrected chi connectivity index (χ1v) is 7.88. The normalized spacial score (nSPS) is 21.1. The smallest absolute Gasteiger partial charge is 0.226 e. The lowest BCUT2D eigenvalue weighted by atomic mass is 9.93. The van der Waals surface area contributed by atoms with Gasteiger partial charge < -0.3 is 10.4 Å². The number of hydrogen-bond donors (Lipinski definition) is 2. The van der Waals surface area contributed by atoms with Gasteiger partial charge in [-0.1, -0.05) is 0 Å². The number of halogens is 1. The highest BCUT2D eigenvalue weighted by molar-refractivity contribution is 5.78. The fourth-order valence-corrected chi connectivity index (χ4v) is 2.86. The Labute approximate surface area is 134 Å². The van der Waals surface area contributed by atoms with Crippen LogP contribution in [0.2, 0.25) is 0 Å². The van der Waals surface area contributed by atoms with E-state index in [1.807, 2.05) is 0 Å². The van der Waals surface area contributed by atoms with Crippen LogP contribution in [0.15, 0.2) is 36.5 Å². The van der Waals surface area contributed by atoms with Crippen molar-refractivity contribution in [3.05, 3.63) is 48.0 Å². The Kier molecular flexibility index (Phi) is 4.71. The van der Waals surface area contributed by atoms with Crippen LogP contribution in [-0.4, -0.2) is 32.9 Å². The number of aromatic nitrogens is 2. The van der Waals surface area contributed by atoms with Gasteiger partial charge in [-0.25, -0.2) is 9.07 Å². The highest BCUT2D eigenvalue weighted by Crippen LogP contribution is 2.18. The molecular weight excluding hydrogens is 297 g/mol. The average molecular weight is 317 g/mol. The molecule has 3 rings (SSSR count). The Morgan fingerprint density at radius 1 is 1.22 bits per heavy atom. The third-order valence-corrected chi connectivity index (χ3v) is 4.14. The van der Waals surface area contributed by atoms with Crippen molar-refractivity contribution < 1.29 is 14.3 Å². The molecule has 0 unspecified atom stereocenters. The highest BCUT2D eigenvalue weighted by atomic mass is 19.1. The minimum absolute atomic E-state index is 0.0595. The van der Waals surface area contributed by atoms with E-state index in [4.69, 9.17) is 0 Å². The maximum Gasteiger partial charge on any atom is 0.226 e. The van der Waals surface area contributed by atoms with Crippen molar-refractivity contribution in [1.82, 2.24) is 15.1 Å². The van der Waals surface area contributed by atoms with E-state index in [0.717, 1.165) is 31.4 Å². The fraction of sp³-hybridized carbons (Fsp3) is 0.412. The zero-order chi connectivity index (χ0) is 16.2. The number of nitrogens with one attached hydrogen (secondary N) is 1. The van der Waals surface area contributed by atoms with E-state index < -0.39 is 0 Å². The molecule has 1 amide bonds. The third-order valence-electron chi connectivity index (χ3n) is 4.14. The predicted octanol–water partition coefficient (Wildman–Crippen LogP) is 1.97. The second-order valence-electron chi connectivity index (χ2n) is 5.98. The molecule has 0 aliphatic heterocycles. The Morgan fingerprint density at radius 2 is 1.91 bits per heavy atom. The summed E-state index contributed by atoms with van der Waals surface area (Å²) in [7, 11) is 0. The monoisotopic (exact) mass is 317 g/mol. The van der Waals surface area contributed by atoms with Gasteiger partial charge in [0.15, 0.2) is 0 Å². The summed E-state index contributed by atoms with van der Waals surface area (Å²) < 4.78 is 14.6. The van der Waals surface area contributed by atoms with E-state index in [9.17, 15) is 14.3 Å². The Hall–Kier alpha value is -2.21. The maximum absolute atomic E-state index is 12.9. The molecule has 2 N–H and O–H groups in total. The van der Waals surface area contributed by atoms with E-state index >= 15 is 0 Å². The first-order chi connectivity index (χ1) is 11.1. The second-order valence-corrected chi connectivity index (χ2v) is 5.98. The van der Waals surface area contributed by atoms with Gasteiger partial charge in [-0.3, -0.25) is 4.79 Å². The topological polar surface area (TPSA) is 67.2 Å². The summed E-state index contributed by atoms with van der Waals surface area (Å²) in [6.45, 7) is 0. The largest absolute Gasteiger partial charge is 0.393 e. The van der Waals surface area contributed by atoms with Crippen molar-refractivity contribution in [3.8, 4) is 5.69 Å². The van der Waals surface area contributed by atoms with Gasteiger partial charge >= 0.3 is 0 Å². The zero-order valence-electron chi connectivity index (χ0n) is 12.8. The Morgan fingerprint density at radius 3 is 2.61 bits per heavy atom. The van der Waals surface area contributed by atoms with Crippen LogP contribution in [0.4, 0.5) is 4.39 Å². The van der Waals surface area contributed by atoms with Gasteiger partial charge in [0, 0.05) is 12.2 Å². The maximum atomic E-state index is 12.9. The van der Waals surface area contributed by atoms with Crippen molar-refractivity contribution in [2.75, 3.05) is 0 Å². The van der Waals surface area contributed by atoms with E-state index in [2.05, 4.69) is 10.4 Å². The molecule has 0 spiro atoms. The summed E-state index contributed by atoms with van der Waals surface area (Å²) in [6.07, 6.45) is 4.86. The van der Waals surface area contributed by atoms with Crippen molar-refractivity contribution >= 4 is 5.91 Å². The number of aliphatic hydroxyl groups excluding tert-OH is 1. The summed E-state index contributed by atoms with van der Waals surface area (Å²) >= 11 is 0. The van der Waals surface area contributed by atoms with Gasteiger partial charge in [0.05, 0.1) is 23.9 Å². The van der Waals surface area contributed by atoms with Crippen LogP contribution in [-0.2, 0) is 11.2 Å². The number of benzene rings is 1. The molecule has 1 fully saturated rings. The Bertz CT molecular complexity index is 661. The number of aliphatic hydroxyl groups is 1. The molecule has 1 saturated carbocycles. The summed E-state index contributed by atoms with van der Waals surface area (Å²) in [4.78, 5) is 12.1. The first-order valence-electron chi connectivity index (χ1n) is 7.88. The molecule has 0 bridgehead atoms. The van der Waals surface area contributed by atoms with Gasteiger partial charge in [-0.05, 0) is 56.0 Å². The lowest BCUT2D eigenvalue weighted by Gasteiger charge is -2.26. The van der Waals surface area contributed by atoms with Gasteiger partial charge in [-0.2, -0.15) is 5.10 Å². The molecule has 1 aromatic heterocycles. The molecule has 0 saturated heterocycles. The quantitative estimate of drug-likeness (QED) is 0.906. The van der Waals surface area contributed by atoms with Crippen LogP contribution in [0.25, 0.3) is 5.69 Å². The fourth-order valence-electron chi connectivity index (χ4n) is 2.86. The molecule has 23 heavy (non-hydrogen) atoms. The van der Waals surface area contributed by atoms with Crippen LogP contribution < -0.4 is 5.32 Å². The zero-order valence-corrected chi connectivity index (χ0v) is 12.8. The molecule has 0 atom stereocenters. The first kappa shape index (κ1) is 15.7. The number of hydrogen-bond acceptors (Lipinski definition) is 3. The predicted molar refractivity (Wildman–Crippen MR) is 83.6 cm³/mol. The Balaban J connectivity index is 1.56. The molecular formula is C17H20FN3O2. The standard InChI is InChI=1S/C17H20FN3O2/c18-12-1-5-15(6-2-12)21-10-9-14(20-21)11-17(23)19-13-3-7-16(22)8-4-13/h1-2,5-6,9-10,13,16,22H,3-4,7-8,11H2,(H,19,23). The van der Waals surface area contributed by atoms with Gasteiger partial charge in [0.1, 0.15) is 5.82 Å².